The lowest BCUT2D eigenvalue weighted by Crippen LogP contribution is -2.26. The fourth-order valence-corrected chi connectivity index (χ4v) is 2.65. The van der Waals surface area contributed by atoms with Crippen molar-refractivity contribution in [2.24, 2.45) is 5.92 Å². The second-order valence-electron chi connectivity index (χ2n) is 6.39. The van der Waals surface area contributed by atoms with Crippen LogP contribution in [-0.4, -0.2) is 19.2 Å². The predicted octanol–water partition coefficient (Wildman–Crippen LogP) is 4.54. The van der Waals surface area contributed by atoms with E-state index in [1.807, 2.05) is 6.07 Å². The summed E-state index contributed by atoms with van der Waals surface area (Å²) in [4.78, 5) is 0. The minimum atomic E-state index is 0.416. The summed E-state index contributed by atoms with van der Waals surface area (Å²) in [6.45, 7) is 10.4. The Morgan fingerprint density at radius 3 is 2.60 bits per heavy atom. The number of nitrogens with one attached hydrogen (secondary N) is 1. The van der Waals surface area contributed by atoms with E-state index in [2.05, 4.69) is 39.1 Å². The molecule has 20 heavy (non-hydrogen) atoms. The van der Waals surface area contributed by atoms with E-state index in [0.717, 1.165) is 41.1 Å². The van der Waals surface area contributed by atoms with Gasteiger partial charge >= 0.3 is 0 Å². The highest BCUT2D eigenvalue weighted by atomic mass is 35.5. The number of ether oxygens (including phenoxy) is 1. The van der Waals surface area contributed by atoms with Gasteiger partial charge < -0.3 is 10.1 Å². The third-order valence-electron chi connectivity index (χ3n) is 3.77. The van der Waals surface area contributed by atoms with Crippen LogP contribution in [-0.2, 0) is 0 Å². The van der Waals surface area contributed by atoms with Crippen LogP contribution >= 0.6 is 11.6 Å². The first-order valence-electron chi connectivity index (χ1n) is 7.63. The Morgan fingerprint density at radius 1 is 1.30 bits per heavy atom. The Balaban J connectivity index is 1.92. The van der Waals surface area contributed by atoms with Crippen molar-refractivity contribution >= 4 is 11.6 Å². The Bertz CT molecular complexity index is 455. The molecule has 0 heterocycles. The number of benzene rings is 1. The molecular formula is C17H26ClNO. The van der Waals surface area contributed by atoms with Gasteiger partial charge in [0.2, 0.25) is 0 Å². The summed E-state index contributed by atoms with van der Waals surface area (Å²) < 4.78 is 6.00. The molecule has 1 aliphatic rings. The van der Waals surface area contributed by atoms with Gasteiger partial charge in [0.25, 0.3) is 0 Å². The highest BCUT2D eigenvalue weighted by Crippen LogP contribution is 2.31. The fraction of sp³-hybridized carbons (Fsp3) is 0.647. The van der Waals surface area contributed by atoms with Gasteiger partial charge in [-0.15, -0.1) is 0 Å². The average molecular weight is 296 g/mol. The van der Waals surface area contributed by atoms with Crippen LogP contribution in [0.4, 0.5) is 0 Å². The molecule has 1 fully saturated rings. The Morgan fingerprint density at radius 2 is 2.00 bits per heavy atom. The first-order chi connectivity index (χ1) is 9.47. The van der Waals surface area contributed by atoms with E-state index in [-0.39, 0.29) is 0 Å². The van der Waals surface area contributed by atoms with Crippen LogP contribution in [0.5, 0.6) is 5.75 Å². The van der Waals surface area contributed by atoms with E-state index in [1.165, 1.54) is 12.8 Å². The lowest BCUT2D eigenvalue weighted by molar-refractivity contribution is 0.253. The molecule has 1 atom stereocenters. The second-order valence-corrected chi connectivity index (χ2v) is 6.80. The minimum absolute atomic E-state index is 0.416. The molecule has 1 aromatic carbocycles. The molecule has 0 saturated heterocycles. The zero-order valence-corrected chi connectivity index (χ0v) is 13.8. The summed E-state index contributed by atoms with van der Waals surface area (Å²) in [6, 6.07) is 4.88. The minimum Gasteiger partial charge on any atom is -0.493 e. The van der Waals surface area contributed by atoms with Crippen molar-refractivity contribution in [1.29, 1.82) is 0 Å². The van der Waals surface area contributed by atoms with Gasteiger partial charge in [-0.3, -0.25) is 0 Å². The molecule has 1 saturated carbocycles. The lowest BCUT2D eigenvalue weighted by Gasteiger charge is -2.17. The molecule has 2 rings (SSSR count). The average Bonchev–Trinajstić information content (AvgIpc) is 3.18. The van der Waals surface area contributed by atoms with Gasteiger partial charge in [-0.05, 0) is 48.9 Å². The van der Waals surface area contributed by atoms with Crippen LogP contribution < -0.4 is 10.1 Å². The van der Waals surface area contributed by atoms with Gasteiger partial charge in [0.15, 0.2) is 0 Å². The third kappa shape index (κ3) is 4.39. The maximum absolute atomic E-state index is 6.29. The molecule has 0 aromatic heterocycles. The maximum Gasteiger partial charge on any atom is 0.122 e. The summed E-state index contributed by atoms with van der Waals surface area (Å²) in [5.74, 6) is 1.91. The van der Waals surface area contributed by atoms with E-state index >= 15 is 0 Å². The van der Waals surface area contributed by atoms with E-state index in [1.54, 1.807) is 0 Å². The van der Waals surface area contributed by atoms with Gasteiger partial charge in [-0.1, -0.05) is 32.4 Å². The fourth-order valence-electron chi connectivity index (χ4n) is 2.21. The van der Waals surface area contributed by atoms with Crippen molar-refractivity contribution in [1.82, 2.24) is 5.32 Å². The zero-order chi connectivity index (χ0) is 14.7. The molecular weight excluding hydrogens is 270 g/mol. The highest BCUT2D eigenvalue weighted by Gasteiger charge is 2.21. The Labute approximate surface area is 127 Å². The van der Waals surface area contributed by atoms with Crippen LogP contribution in [0.1, 0.15) is 50.7 Å². The molecule has 1 N–H and O–H groups in total. The summed E-state index contributed by atoms with van der Waals surface area (Å²) in [5, 5.41) is 4.39. The SMILES string of the molecule is Cc1cc(Cl)c(C(C)C)cc1OCC(C)CNC1CC1. The van der Waals surface area contributed by atoms with E-state index in [4.69, 9.17) is 16.3 Å². The lowest BCUT2D eigenvalue weighted by atomic mass is 10.0. The summed E-state index contributed by atoms with van der Waals surface area (Å²) >= 11 is 6.29. The molecule has 112 valence electrons. The van der Waals surface area contributed by atoms with Crippen molar-refractivity contribution in [2.75, 3.05) is 13.2 Å². The monoisotopic (exact) mass is 295 g/mol. The molecule has 0 radical (unpaired) electrons. The van der Waals surface area contributed by atoms with Crippen LogP contribution in [0.3, 0.4) is 0 Å². The zero-order valence-electron chi connectivity index (χ0n) is 13.0. The number of rotatable bonds is 7. The van der Waals surface area contributed by atoms with Crippen LogP contribution in [0.2, 0.25) is 5.02 Å². The molecule has 0 bridgehead atoms. The molecule has 0 spiro atoms. The predicted molar refractivity (Wildman–Crippen MR) is 86.0 cm³/mol. The molecule has 0 amide bonds. The summed E-state index contributed by atoms with van der Waals surface area (Å²) in [7, 11) is 0. The third-order valence-corrected chi connectivity index (χ3v) is 4.10. The normalized spacial score (nSPS) is 16.5. The molecule has 1 aliphatic carbocycles. The smallest absolute Gasteiger partial charge is 0.122 e. The van der Waals surface area contributed by atoms with Crippen molar-refractivity contribution in [3.63, 3.8) is 0 Å². The summed E-state index contributed by atoms with van der Waals surface area (Å²) in [5.41, 5.74) is 2.28. The molecule has 1 aromatic rings. The maximum atomic E-state index is 6.29. The van der Waals surface area contributed by atoms with Crippen molar-refractivity contribution in [2.45, 2.75) is 52.5 Å². The molecule has 1 unspecified atom stereocenters. The van der Waals surface area contributed by atoms with Gasteiger partial charge in [-0.25, -0.2) is 0 Å². The standard InChI is InChI=1S/C17H26ClNO/c1-11(2)15-8-17(13(4)7-16(15)18)20-10-12(3)9-19-14-5-6-14/h7-8,11-12,14,19H,5-6,9-10H2,1-4H3. The number of aryl methyl sites for hydroxylation is 1. The highest BCUT2D eigenvalue weighted by molar-refractivity contribution is 6.31. The van der Waals surface area contributed by atoms with Gasteiger partial charge in [0.1, 0.15) is 5.75 Å². The molecule has 2 nitrogen and oxygen atoms in total. The quantitative estimate of drug-likeness (QED) is 0.797. The van der Waals surface area contributed by atoms with Gasteiger partial charge in [0, 0.05) is 23.5 Å². The van der Waals surface area contributed by atoms with Crippen molar-refractivity contribution in [3.05, 3.63) is 28.3 Å². The van der Waals surface area contributed by atoms with Crippen LogP contribution in [0, 0.1) is 12.8 Å². The number of hydrogen-bond donors (Lipinski definition) is 1. The van der Waals surface area contributed by atoms with Crippen LogP contribution in [0.15, 0.2) is 12.1 Å². The van der Waals surface area contributed by atoms with Crippen molar-refractivity contribution < 1.29 is 4.74 Å². The van der Waals surface area contributed by atoms with Crippen molar-refractivity contribution in [3.8, 4) is 5.75 Å². The van der Waals surface area contributed by atoms with E-state index in [0.29, 0.717) is 11.8 Å². The first-order valence-corrected chi connectivity index (χ1v) is 8.01. The molecule has 0 aliphatic heterocycles. The van der Waals surface area contributed by atoms with Crippen LogP contribution in [0.25, 0.3) is 0 Å². The largest absolute Gasteiger partial charge is 0.493 e. The Hall–Kier alpha value is -0.730. The Kier molecular flexibility index (Phi) is 5.34. The van der Waals surface area contributed by atoms with E-state index < -0.39 is 0 Å². The topological polar surface area (TPSA) is 21.3 Å². The second kappa shape index (κ2) is 6.82. The van der Waals surface area contributed by atoms with Gasteiger partial charge in [0.05, 0.1) is 6.61 Å². The molecule has 3 heteroatoms. The number of hydrogen-bond acceptors (Lipinski definition) is 2. The number of halogens is 1. The van der Waals surface area contributed by atoms with Gasteiger partial charge in [-0.2, -0.15) is 0 Å². The summed E-state index contributed by atoms with van der Waals surface area (Å²) in [6.07, 6.45) is 2.67. The van der Waals surface area contributed by atoms with E-state index in [9.17, 15) is 0 Å². The first kappa shape index (κ1) is 15.7.